The number of guanidine groups is 1. The average Bonchev–Trinajstić information content (AvgIpc) is 2.74. The van der Waals surface area contributed by atoms with E-state index in [1.165, 1.54) is 5.56 Å². The molecule has 0 amide bonds. The number of nitrogens with one attached hydrogen (secondary N) is 2. The molecule has 1 fully saturated rings. The summed E-state index contributed by atoms with van der Waals surface area (Å²) in [6, 6.07) is 12.4. The van der Waals surface area contributed by atoms with E-state index in [1.54, 1.807) is 12.4 Å². The van der Waals surface area contributed by atoms with Crippen LogP contribution in [0.5, 0.6) is 0 Å². The van der Waals surface area contributed by atoms with Crippen LogP contribution in [0.3, 0.4) is 0 Å². The van der Waals surface area contributed by atoms with Crippen molar-refractivity contribution in [2.45, 2.75) is 6.42 Å². The average molecular weight is 495 g/mol. The van der Waals surface area contributed by atoms with Gasteiger partial charge in [-0.15, -0.1) is 24.0 Å². The second-order valence-corrected chi connectivity index (χ2v) is 6.54. The number of rotatable bonds is 7. The summed E-state index contributed by atoms with van der Waals surface area (Å²) < 4.78 is 0. The predicted octanol–water partition coefficient (Wildman–Crippen LogP) is 1.62. The Morgan fingerprint density at radius 2 is 1.64 bits per heavy atom. The van der Waals surface area contributed by atoms with Crippen molar-refractivity contribution in [2.75, 3.05) is 57.8 Å². The van der Waals surface area contributed by atoms with E-state index in [0.29, 0.717) is 0 Å². The van der Waals surface area contributed by atoms with Gasteiger partial charge >= 0.3 is 0 Å². The fourth-order valence-corrected chi connectivity index (χ4v) is 3.15. The first-order valence-electron chi connectivity index (χ1n) is 9.58. The molecule has 0 saturated carbocycles. The van der Waals surface area contributed by atoms with E-state index in [4.69, 9.17) is 0 Å². The van der Waals surface area contributed by atoms with Crippen LogP contribution in [0.1, 0.15) is 5.56 Å². The highest BCUT2D eigenvalue weighted by atomic mass is 127. The number of nitrogens with zero attached hydrogens (tertiary/aromatic N) is 5. The van der Waals surface area contributed by atoms with Crippen LogP contribution in [0.15, 0.2) is 53.8 Å². The van der Waals surface area contributed by atoms with E-state index in [2.05, 4.69) is 59.7 Å². The molecule has 0 bridgehead atoms. The Morgan fingerprint density at radius 1 is 0.964 bits per heavy atom. The van der Waals surface area contributed by atoms with Gasteiger partial charge in [0.2, 0.25) is 5.95 Å². The molecule has 1 saturated heterocycles. The van der Waals surface area contributed by atoms with Crippen molar-refractivity contribution < 1.29 is 0 Å². The highest BCUT2D eigenvalue weighted by Gasteiger charge is 2.18. The molecule has 1 aromatic heterocycles. The lowest BCUT2D eigenvalue weighted by Crippen LogP contribution is -2.49. The monoisotopic (exact) mass is 495 g/mol. The van der Waals surface area contributed by atoms with Crippen molar-refractivity contribution in [3.8, 4) is 0 Å². The van der Waals surface area contributed by atoms with Gasteiger partial charge < -0.3 is 15.5 Å². The van der Waals surface area contributed by atoms with Crippen LogP contribution in [0.4, 0.5) is 5.95 Å². The maximum absolute atomic E-state index is 4.33. The van der Waals surface area contributed by atoms with E-state index in [0.717, 1.165) is 64.1 Å². The zero-order valence-electron chi connectivity index (χ0n) is 16.4. The molecule has 2 heterocycles. The standard InChI is InChI=1S/C20H29N7.HI/c1-21-19(22-11-8-18-6-3-2-4-7-18)23-12-13-26-14-16-27(17-15-26)20-24-9-5-10-25-20;/h2-7,9-10H,8,11-17H2,1H3,(H2,21,22,23);1H. The van der Waals surface area contributed by atoms with Gasteiger partial charge in [-0.05, 0) is 18.1 Å². The van der Waals surface area contributed by atoms with E-state index in [-0.39, 0.29) is 24.0 Å². The number of halogens is 1. The highest BCUT2D eigenvalue weighted by Crippen LogP contribution is 2.09. The number of aliphatic imine (C=N–C) groups is 1. The second-order valence-electron chi connectivity index (χ2n) is 6.54. The quantitative estimate of drug-likeness (QED) is 0.346. The van der Waals surface area contributed by atoms with Crippen molar-refractivity contribution in [2.24, 2.45) is 4.99 Å². The van der Waals surface area contributed by atoms with Crippen molar-refractivity contribution in [1.29, 1.82) is 0 Å². The molecule has 0 unspecified atom stereocenters. The van der Waals surface area contributed by atoms with E-state index < -0.39 is 0 Å². The number of anilines is 1. The van der Waals surface area contributed by atoms with Crippen molar-refractivity contribution in [1.82, 2.24) is 25.5 Å². The molecule has 2 N–H and O–H groups in total. The minimum Gasteiger partial charge on any atom is -0.356 e. The van der Waals surface area contributed by atoms with Crippen LogP contribution in [0.25, 0.3) is 0 Å². The number of benzene rings is 1. The van der Waals surface area contributed by atoms with Gasteiger partial charge in [0.25, 0.3) is 0 Å². The van der Waals surface area contributed by atoms with Gasteiger partial charge in [0.1, 0.15) is 0 Å². The van der Waals surface area contributed by atoms with Crippen molar-refractivity contribution in [3.05, 3.63) is 54.4 Å². The predicted molar refractivity (Wildman–Crippen MR) is 126 cm³/mol. The van der Waals surface area contributed by atoms with Gasteiger partial charge in [-0.1, -0.05) is 30.3 Å². The van der Waals surface area contributed by atoms with Crippen LogP contribution < -0.4 is 15.5 Å². The zero-order chi connectivity index (χ0) is 18.7. The lowest BCUT2D eigenvalue weighted by atomic mass is 10.1. The summed E-state index contributed by atoms with van der Waals surface area (Å²) in [5.74, 6) is 1.69. The Morgan fingerprint density at radius 3 is 2.32 bits per heavy atom. The van der Waals surface area contributed by atoms with Crippen LogP contribution in [-0.2, 0) is 6.42 Å². The van der Waals surface area contributed by atoms with Crippen molar-refractivity contribution >= 4 is 35.9 Å². The van der Waals surface area contributed by atoms with Crippen LogP contribution in [-0.4, -0.2) is 73.7 Å². The Bertz CT molecular complexity index is 688. The maximum atomic E-state index is 4.33. The highest BCUT2D eigenvalue weighted by molar-refractivity contribution is 14.0. The minimum atomic E-state index is 0. The lowest BCUT2D eigenvalue weighted by Gasteiger charge is -2.34. The molecular weight excluding hydrogens is 465 g/mol. The molecule has 1 aromatic carbocycles. The Balaban J connectivity index is 0.00000280. The van der Waals surface area contributed by atoms with Gasteiger partial charge in [-0.2, -0.15) is 0 Å². The van der Waals surface area contributed by atoms with Gasteiger partial charge in [0.05, 0.1) is 0 Å². The van der Waals surface area contributed by atoms with E-state index in [9.17, 15) is 0 Å². The Kier molecular flexibility index (Phi) is 9.98. The molecule has 7 nitrogen and oxygen atoms in total. The first-order chi connectivity index (χ1) is 13.3. The third-order valence-corrected chi connectivity index (χ3v) is 4.70. The number of hydrogen-bond donors (Lipinski definition) is 2. The van der Waals surface area contributed by atoms with Gasteiger partial charge in [0.15, 0.2) is 5.96 Å². The fourth-order valence-electron chi connectivity index (χ4n) is 3.15. The van der Waals surface area contributed by atoms with Gasteiger partial charge in [-0.3, -0.25) is 9.89 Å². The summed E-state index contributed by atoms with van der Waals surface area (Å²) in [5.41, 5.74) is 1.33. The third-order valence-electron chi connectivity index (χ3n) is 4.70. The topological polar surface area (TPSA) is 68.7 Å². The smallest absolute Gasteiger partial charge is 0.225 e. The normalized spacial score (nSPS) is 15.0. The second kappa shape index (κ2) is 12.5. The largest absolute Gasteiger partial charge is 0.356 e. The number of hydrogen-bond acceptors (Lipinski definition) is 5. The fraction of sp³-hybridized carbons (Fsp3) is 0.450. The zero-order valence-corrected chi connectivity index (χ0v) is 18.8. The summed E-state index contributed by atoms with van der Waals surface area (Å²) >= 11 is 0. The van der Waals surface area contributed by atoms with Crippen LogP contribution >= 0.6 is 24.0 Å². The molecule has 1 aliphatic heterocycles. The molecular formula is C20H30IN7. The molecule has 152 valence electrons. The number of aromatic nitrogens is 2. The summed E-state index contributed by atoms with van der Waals surface area (Å²) in [6.45, 7) is 6.75. The molecule has 0 spiro atoms. The summed E-state index contributed by atoms with van der Waals surface area (Å²) in [7, 11) is 1.82. The molecule has 28 heavy (non-hydrogen) atoms. The Hall–Kier alpha value is -1.94. The molecule has 3 rings (SSSR count). The molecule has 0 aliphatic carbocycles. The minimum absolute atomic E-state index is 0. The van der Waals surface area contributed by atoms with Crippen molar-refractivity contribution in [3.63, 3.8) is 0 Å². The summed E-state index contributed by atoms with van der Waals surface area (Å²) in [5, 5.41) is 6.78. The first-order valence-corrected chi connectivity index (χ1v) is 9.58. The maximum Gasteiger partial charge on any atom is 0.225 e. The van der Waals surface area contributed by atoms with E-state index in [1.807, 2.05) is 19.2 Å². The van der Waals surface area contributed by atoms with E-state index >= 15 is 0 Å². The summed E-state index contributed by atoms with van der Waals surface area (Å²) in [4.78, 5) is 17.7. The lowest BCUT2D eigenvalue weighted by molar-refractivity contribution is 0.260. The SMILES string of the molecule is CN=C(NCCc1ccccc1)NCCN1CCN(c2ncccn2)CC1.I. The summed E-state index contributed by atoms with van der Waals surface area (Å²) in [6.07, 6.45) is 4.59. The first kappa shape index (κ1) is 22.4. The molecule has 2 aromatic rings. The Labute approximate surface area is 184 Å². The molecule has 1 aliphatic rings. The molecule has 0 radical (unpaired) electrons. The van der Waals surface area contributed by atoms with Gasteiger partial charge in [0, 0.05) is 65.3 Å². The number of piperazine rings is 1. The van der Waals surface area contributed by atoms with Crippen LogP contribution in [0, 0.1) is 0 Å². The molecule has 8 heteroatoms. The molecule has 0 atom stereocenters. The van der Waals surface area contributed by atoms with Gasteiger partial charge in [-0.25, -0.2) is 9.97 Å². The van der Waals surface area contributed by atoms with Crippen LogP contribution in [0.2, 0.25) is 0 Å². The third kappa shape index (κ3) is 7.23.